The molecule has 0 bridgehead atoms. The second kappa shape index (κ2) is 6.50. The lowest BCUT2D eigenvalue weighted by atomic mass is 10.1. The van der Waals surface area contributed by atoms with E-state index < -0.39 is 0 Å². The van der Waals surface area contributed by atoms with Crippen LogP contribution in [0.4, 0.5) is 0 Å². The fourth-order valence-corrected chi connectivity index (χ4v) is 2.59. The highest BCUT2D eigenvalue weighted by Crippen LogP contribution is 2.17. The third-order valence-electron chi connectivity index (χ3n) is 3.05. The quantitative estimate of drug-likeness (QED) is 0.909. The fraction of sp³-hybridized carbons (Fsp3) is 0.267. The molecule has 2 rings (SSSR count). The zero-order valence-corrected chi connectivity index (χ0v) is 12.0. The molecule has 1 aromatic carbocycles. The third kappa shape index (κ3) is 3.66. The maximum atomic E-state index is 11.9. The van der Waals surface area contributed by atoms with Crippen LogP contribution in [0.25, 0.3) is 0 Å². The van der Waals surface area contributed by atoms with E-state index in [1.54, 1.807) is 0 Å². The highest BCUT2D eigenvalue weighted by Gasteiger charge is 2.15. The van der Waals surface area contributed by atoms with Gasteiger partial charge >= 0.3 is 0 Å². The van der Waals surface area contributed by atoms with Gasteiger partial charge in [0.15, 0.2) is 0 Å². The van der Waals surface area contributed by atoms with E-state index in [0.717, 1.165) is 5.56 Å². The van der Waals surface area contributed by atoms with Crippen molar-refractivity contribution in [2.24, 2.45) is 0 Å². The molecule has 3 nitrogen and oxygen atoms in total. The maximum Gasteiger partial charge on any atom is 0.252 e. The molecule has 100 valence electrons. The van der Waals surface area contributed by atoms with Crippen molar-refractivity contribution in [2.75, 3.05) is 20.6 Å². The van der Waals surface area contributed by atoms with Crippen LogP contribution < -0.4 is 5.32 Å². The first-order valence-corrected chi connectivity index (χ1v) is 7.14. The summed E-state index contributed by atoms with van der Waals surface area (Å²) in [6.45, 7) is 0.603. The van der Waals surface area contributed by atoms with Gasteiger partial charge in [-0.25, -0.2) is 0 Å². The van der Waals surface area contributed by atoms with Crippen LogP contribution in [0.1, 0.15) is 22.0 Å². The normalized spacial score (nSPS) is 12.4. The first-order valence-electron chi connectivity index (χ1n) is 6.20. The Kier molecular flexibility index (Phi) is 4.71. The lowest BCUT2D eigenvalue weighted by Crippen LogP contribution is -2.34. The number of hydrogen-bond donors (Lipinski definition) is 1. The smallest absolute Gasteiger partial charge is 0.252 e. The molecule has 19 heavy (non-hydrogen) atoms. The van der Waals surface area contributed by atoms with E-state index in [1.165, 1.54) is 16.9 Å². The van der Waals surface area contributed by atoms with Crippen molar-refractivity contribution < 1.29 is 4.79 Å². The summed E-state index contributed by atoms with van der Waals surface area (Å²) in [7, 11) is 4.04. The lowest BCUT2D eigenvalue weighted by molar-refractivity contribution is 0.0942. The number of amides is 1. The number of thiophene rings is 1. The van der Waals surface area contributed by atoms with E-state index in [-0.39, 0.29) is 11.9 Å². The Balaban J connectivity index is 2.01. The van der Waals surface area contributed by atoms with Gasteiger partial charge < -0.3 is 10.2 Å². The zero-order chi connectivity index (χ0) is 13.7. The molecule has 1 aromatic heterocycles. The Morgan fingerprint density at radius 1 is 1.26 bits per heavy atom. The summed E-state index contributed by atoms with van der Waals surface area (Å²) < 4.78 is 0. The number of hydrogen-bond acceptors (Lipinski definition) is 3. The van der Waals surface area contributed by atoms with Crippen molar-refractivity contribution in [2.45, 2.75) is 6.04 Å². The molecule has 1 unspecified atom stereocenters. The van der Waals surface area contributed by atoms with Crippen molar-refractivity contribution in [3.8, 4) is 0 Å². The van der Waals surface area contributed by atoms with Crippen molar-refractivity contribution in [1.82, 2.24) is 10.2 Å². The summed E-state index contributed by atoms with van der Waals surface area (Å²) in [5.74, 6) is -0.0102. The maximum absolute atomic E-state index is 11.9. The summed E-state index contributed by atoms with van der Waals surface area (Å²) in [5, 5.41) is 6.77. The third-order valence-corrected chi connectivity index (χ3v) is 3.73. The highest BCUT2D eigenvalue weighted by molar-refractivity contribution is 7.08. The minimum atomic E-state index is -0.0102. The van der Waals surface area contributed by atoms with E-state index in [1.807, 2.05) is 49.1 Å². The van der Waals surface area contributed by atoms with Gasteiger partial charge in [0.05, 0.1) is 6.04 Å². The number of nitrogens with one attached hydrogen (secondary N) is 1. The van der Waals surface area contributed by atoms with Gasteiger partial charge in [0.25, 0.3) is 5.91 Å². The fourth-order valence-electron chi connectivity index (χ4n) is 1.96. The van der Waals surface area contributed by atoms with Crippen molar-refractivity contribution >= 4 is 17.2 Å². The summed E-state index contributed by atoms with van der Waals surface area (Å²) in [6, 6.07) is 12.2. The van der Waals surface area contributed by atoms with E-state index in [0.29, 0.717) is 6.54 Å². The number of rotatable bonds is 5. The van der Waals surface area contributed by atoms with Gasteiger partial charge in [0, 0.05) is 17.5 Å². The summed E-state index contributed by atoms with van der Waals surface area (Å²) in [6.07, 6.45) is 0. The minimum Gasteiger partial charge on any atom is -0.350 e. The second-order valence-electron chi connectivity index (χ2n) is 4.61. The van der Waals surface area contributed by atoms with Crippen LogP contribution in [0, 0.1) is 0 Å². The number of carbonyl (C=O) groups excluding carboxylic acids is 1. The van der Waals surface area contributed by atoms with E-state index in [9.17, 15) is 4.79 Å². The van der Waals surface area contributed by atoms with Gasteiger partial charge in [-0.05, 0) is 31.1 Å². The molecule has 0 radical (unpaired) electrons. The first-order chi connectivity index (χ1) is 9.18. The predicted molar refractivity (Wildman–Crippen MR) is 79.5 cm³/mol. The first kappa shape index (κ1) is 13.8. The number of benzene rings is 1. The molecular formula is C15H18N2OS. The van der Waals surface area contributed by atoms with Gasteiger partial charge in [-0.3, -0.25) is 4.79 Å². The van der Waals surface area contributed by atoms with Crippen molar-refractivity contribution in [3.63, 3.8) is 0 Å². The van der Waals surface area contributed by atoms with Gasteiger partial charge in [0.1, 0.15) is 0 Å². The van der Waals surface area contributed by atoms with Gasteiger partial charge in [0.2, 0.25) is 0 Å². The summed E-state index contributed by atoms with van der Waals surface area (Å²) in [4.78, 5) is 14.1. The molecule has 0 aliphatic carbocycles. The largest absolute Gasteiger partial charge is 0.350 e. The van der Waals surface area contributed by atoms with Crippen molar-refractivity contribution in [3.05, 3.63) is 58.3 Å². The van der Waals surface area contributed by atoms with Crippen LogP contribution >= 0.6 is 11.3 Å². The zero-order valence-electron chi connectivity index (χ0n) is 11.2. The molecule has 1 atom stereocenters. The van der Waals surface area contributed by atoms with Crippen LogP contribution in [0.2, 0.25) is 0 Å². The van der Waals surface area contributed by atoms with Gasteiger partial charge in [-0.2, -0.15) is 11.3 Å². The minimum absolute atomic E-state index is 0.0102. The molecular weight excluding hydrogens is 256 g/mol. The van der Waals surface area contributed by atoms with Crippen LogP contribution in [-0.4, -0.2) is 31.4 Å². The standard InChI is InChI=1S/C15H18N2OS/c1-17(2)14(12-6-4-3-5-7-12)10-16-15(18)13-8-9-19-11-13/h3-9,11,14H,10H2,1-2H3,(H,16,18). The molecule has 0 saturated heterocycles. The number of carbonyl (C=O) groups is 1. The van der Waals surface area contributed by atoms with Crippen LogP contribution in [0.3, 0.4) is 0 Å². The Labute approximate surface area is 117 Å². The van der Waals surface area contributed by atoms with E-state index >= 15 is 0 Å². The molecule has 0 aliphatic heterocycles. The summed E-state index contributed by atoms with van der Waals surface area (Å²) >= 11 is 1.53. The van der Waals surface area contributed by atoms with Gasteiger partial charge in [-0.15, -0.1) is 0 Å². The van der Waals surface area contributed by atoms with Crippen molar-refractivity contribution in [1.29, 1.82) is 0 Å². The predicted octanol–water partition coefficient (Wildman–Crippen LogP) is 2.78. The van der Waals surface area contributed by atoms with Crippen LogP contribution in [0.15, 0.2) is 47.2 Å². The van der Waals surface area contributed by atoms with Gasteiger partial charge in [-0.1, -0.05) is 30.3 Å². The molecule has 0 saturated carbocycles. The van der Waals surface area contributed by atoms with Crippen LogP contribution in [-0.2, 0) is 0 Å². The molecule has 0 fully saturated rings. The average molecular weight is 274 g/mol. The van der Waals surface area contributed by atoms with E-state index in [2.05, 4.69) is 22.3 Å². The number of likely N-dealkylation sites (N-methyl/N-ethyl adjacent to an activating group) is 1. The second-order valence-corrected chi connectivity index (χ2v) is 5.39. The molecule has 0 spiro atoms. The van der Waals surface area contributed by atoms with E-state index in [4.69, 9.17) is 0 Å². The molecule has 4 heteroatoms. The Morgan fingerprint density at radius 2 is 2.00 bits per heavy atom. The van der Waals surface area contributed by atoms with Crippen LogP contribution in [0.5, 0.6) is 0 Å². The molecule has 1 amide bonds. The Bertz CT molecular complexity index is 508. The Morgan fingerprint density at radius 3 is 2.58 bits per heavy atom. The SMILES string of the molecule is CN(C)C(CNC(=O)c1ccsc1)c1ccccc1. The molecule has 1 heterocycles. The monoisotopic (exact) mass is 274 g/mol. The molecule has 2 aromatic rings. The summed E-state index contributed by atoms with van der Waals surface area (Å²) in [5.41, 5.74) is 1.94. The number of nitrogens with zero attached hydrogens (tertiary/aromatic N) is 1. The highest BCUT2D eigenvalue weighted by atomic mass is 32.1. The average Bonchev–Trinajstić information content (AvgIpc) is 2.93. The molecule has 1 N–H and O–H groups in total. The topological polar surface area (TPSA) is 32.3 Å². The lowest BCUT2D eigenvalue weighted by Gasteiger charge is -2.25. The Hall–Kier alpha value is -1.65. The molecule has 0 aliphatic rings.